The van der Waals surface area contributed by atoms with Crippen LogP contribution in [0.15, 0.2) is 18.7 Å². The number of rotatable bonds is 1. The monoisotopic (exact) mass is 190 g/mol. The third-order valence-corrected chi connectivity index (χ3v) is 2.42. The van der Waals surface area contributed by atoms with Crippen LogP contribution in [0.5, 0.6) is 0 Å². The van der Waals surface area contributed by atoms with Gasteiger partial charge in [0.1, 0.15) is 6.33 Å². The van der Waals surface area contributed by atoms with E-state index in [2.05, 4.69) is 29.6 Å². The standard InChI is InChI=1S/C8H10N6/c1-2-10-8(9-1)13-3-4-14-6-11-12-7(14)5-13/h1-2,6H,3-5H2,(H,9,10). The van der Waals surface area contributed by atoms with Crippen LogP contribution >= 0.6 is 0 Å². The minimum Gasteiger partial charge on any atom is -0.333 e. The highest BCUT2D eigenvalue weighted by molar-refractivity contribution is 5.30. The molecule has 0 fully saturated rings. The molecule has 3 heterocycles. The maximum absolute atomic E-state index is 4.21. The molecular weight excluding hydrogens is 180 g/mol. The van der Waals surface area contributed by atoms with E-state index in [1.54, 1.807) is 12.5 Å². The van der Waals surface area contributed by atoms with E-state index in [0.717, 1.165) is 31.4 Å². The van der Waals surface area contributed by atoms with Crippen molar-refractivity contribution in [2.45, 2.75) is 13.1 Å². The van der Waals surface area contributed by atoms with Crippen molar-refractivity contribution < 1.29 is 0 Å². The van der Waals surface area contributed by atoms with Crippen molar-refractivity contribution >= 4 is 5.95 Å². The molecule has 3 rings (SSSR count). The SMILES string of the molecule is c1c[nH]c(N2CCn3cnnc3C2)n1. The minimum atomic E-state index is 0.771. The Morgan fingerprint density at radius 3 is 3.21 bits per heavy atom. The summed E-state index contributed by atoms with van der Waals surface area (Å²) in [5.41, 5.74) is 0. The smallest absolute Gasteiger partial charge is 0.203 e. The Bertz CT molecular complexity index is 417. The van der Waals surface area contributed by atoms with Crippen molar-refractivity contribution in [2.75, 3.05) is 11.4 Å². The molecule has 0 spiro atoms. The molecule has 0 amide bonds. The Labute approximate surface area is 80.6 Å². The molecule has 72 valence electrons. The zero-order chi connectivity index (χ0) is 9.38. The van der Waals surface area contributed by atoms with Crippen LogP contribution in [0, 0.1) is 0 Å². The third-order valence-electron chi connectivity index (χ3n) is 2.42. The molecular formula is C8H10N6. The van der Waals surface area contributed by atoms with E-state index >= 15 is 0 Å². The number of fused-ring (bicyclic) bond motifs is 1. The number of hydrogen-bond donors (Lipinski definition) is 1. The van der Waals surface area contributed by atoms with Crippen LogP contribution in [-0.4, -0.2) is 31.3 Å². The summed E-state index contributed by atoms with van der Waals surface area (Å²) in [5.74, 6) is 1.90. The molecule has 0 atom stereocenters. The van der Waals surface area contributed by atoms with Crippen LogP contribution in [0.2, 0.25) is 0 Å². The summed E-state index contributed by atoms with van der Waals surface area (Å²) in [7, 11) is 0. The van der Waals surface area contributed by atoms with E-state index in [4.69, 9.17) is 0 Å². The van der Waals surface area contributed by atoms with Gasteiger partial charge in [0, 0.05) is 25.5 Å². The van der Waals surface area contributed by atoms with Crippen molar-refractivity contribution in [3.05, 3.63) is 24.5 Å². The maximum Gasteiger partial charge on any atom is 0.203 e. The Balaban J connectivity index is 1.88. The van der Waals surface area contributed by atoms with E-state index in [1.165, 1.54) is 0 Å². The third kappa shape index (κ3) is 1.07. The lowest BCUT2D eigenvalue weighted by molar-refractivity contribution is 0.553. The summed E-state index contributed by atoms with van der Waals surface area (Å²) in [4.78, 5) is 9.45. The molecule has 0 bridgehead atoms. The fourth-order valence-corrected chi connectivity index (χ4v) is 1.68. The molecule has 2 aromatic rings. The molecule has 0 saturated carbocycles. The molecule has 1 aliphatic heterocycles. The van der Waals surface area contributed by atoms with Gasteiger partial charge in [-0.1, -0.05) is 0 Å². The lowest BCUT2D eigenvalue weighted by Crippen LogP contribution is -2.34. The fraction of sp³-hybridized carbons (Fsp3) is 0.375. The summed E-state index contributed by atoms with van der Waals surface area (Å²) in [6.45, 7) is 2.63. The van der Waals surface area contributed by atoms with Crippen LogP contribution < -0.4 is 4.90 Å². The van der Waals surface area contributed by atoms with Crippen molar-refractivity contribution in [1.82, 2.24) is 24.7 Å². The Kier molecular flexibility index (Phi) is 1.52. The number of anilines is 1. The van der Waals surface area contributed by atoms with Crippen LogP contribution in [0.3, 0.4) is 0 Å². The summed E-state index contributed by atoms with van der Waals surface area (Å²) in [6, 6.07) is 0. The highest BCUT2D eigenvalue weighted by Gasteiger charge is 2.18. The maximum atomic E-state index is 4.21. The number of nitrogens with zero attached hydrogens (tertiary/aromatic N) is 5. The van der Waals surface area contributed by atoms with Gasteiger partial charge in [0.15, 0.2) is 5.82 Å². The summed E-state index contributed by atoms with van der Waals surface area (Å²) < 4.78 is 2.07. The zero-order valence-corrected chi connectivity index (χ0v) is 7.59. The van der Waals surface area contributed by atoms with E-state index in [9.17, 15) is 0 Å². The molecule has 2 aromatic heterocycles. The first-order chi connectivity index (χ1) is 6.93. The number of aromatic amines is 1. The average molecular weight is 190 g/mol. The summed E-state index contributed by atoms with van der Waals surface area (Å²) in [6.07, 6.45) is 5.36. The highest BCUT2D eigenvalue weighted by Crippen LogP contribution is 2.14. The Hall–Kier alpha value is -1.85. The van der Waals surface area contributed by atoms with E-state index < -0.39 is 0 Å². The number of imidazole rings is 1. The molecule has 0 radical (unpaired) electrons. The number of nitrogens with one attached hydrogen (secondary N) is 1. The zero-order valence-electron chi connectivity index (χ0n) is 7.59. The normalized spacial score (nSPS) is 15.6. The van der Waals surface area contributed by atoms with Crippen molar-refractivity contribution in [3.63, 3.8) is 0 Å². The van der Waals surface area contributed by atoms with E-state index in [-0.39, 0.29) is 0 Å². The van der Waals surface area contributed by atoms with E-state index in [0.29, 0.717) is 0 Å². The Morgan fingerprint density at radius 2 is 2.36 bits per heavy atom. The summed E-state index contributed by atoms with van der Waals surface area (Å²) in [5, 5.41) is 7.92. The average Bonchev–Trinajstić information content (AvgIpc) is 2.88. The molecule has 6 heteroatoms. The van der Waals surface area contributed by atoms with Gasteiger partial charge in [-0.3, -0.25) is 0 Å². The largest absolute Gasteiger partial charge is 0.333 e. The van der Waals surface area contributed by atoms with Gasteiger partial charge in [-0.2, -0.15) is 0 Å². The van der Waals surface area contributed by atoms with Crippen LogP contribution in [0.25, 0.3) is 0 Å². The van der Waals surface area contributed by atoms with Crippen molar-refractivity contribution in [1.29, 1.82) is 0 Å². The van der Waals surface area contributed by atoms with Gasteiger partial charge in [0.25, 0.3) is 0 Å². The van der Waals surface area contributed by atoms with Gasteiger partial charge in [0.2, 0.25) is 5.95 Å². The predicted molar refractivity (Wildman–Crippen MR) is 49.7 cm³/mol. The summed E-state index contributed by atoms with van der Waals surface area (Å²) >= 11 is 0. The quantitative estimate of drug-likeness (QED) is 0.688. The topological polar surface area (TPSA) is 62.6 Å². The molecule has 0 aromatic carbocycles. The van der Waals surface area contributed by atoms with Crippen LogP contribution in [0.4, 0.5) is 5.95 Å². The lowest BCUT2D eigenvalue weighted by Gasteiger charge is -2.26. The second-order valence-electron chi connectivity index (χ2n) is 3.27. The lowest BCUT2D eigenvalue weighted by atomic mass is 10.4. The first-order valence-electron chi connectivity index (χ1n) is 4.54. The van der Waals surface area contributed by atoms with Crippen LogP contribution in [-0.2, 0) is 13.1 Å². The van der Waals surface area contributed by atoms with Crippen LogP contribution in [0.1, 0.15) is 5.82 Å². The molecule has 1 aliphatic rings. The second-order valence-corrected chi connectivity index (χ2v) is 3.27. The minimum absolute atomic E-state index is 0.771. The molecule has 14 heavy (non-hydrogen) atoms. The van der Waals surface area contributed by atoms with Gasteiger partial charge in [-0.15, -0.1) is 10.2 Å². The first-order valence-corrected chi connectivity index (χ1v) is 4.54. The Morgan fingerprint density at radius 1 is 1.36 bits per heavy atom. The number of hydrogen-bond acceptors (Lipinski definition) is 4. The second kappa shape index (κ2) is 2.83. The predicted octanol–water partition coefficient (Wildman–Crippen LogP) is 0.0214. The van der Waals surface area contributed by atoms with Gasteiger partial charge in [0.05, 0.1) is 6.54 Å². The van der Waals surface area contributed by atoms with Gasteiger partial charge < -0.3 is 14.5 Å². The number of aromatic nitrogens is 5. The first kappa shape index (κ1) is 7.54. The molecule has 0 unspecified atom stereocenters. The van der Waals surface area contributed by atoms with Crippen molar-refractivity contribution in [3.8, 4) is 0 Å². The van der Waals surface area contributed by atoms with Gasteiger partial charge >= 0.3 is 0 Å². The van der Waals surface area contributed by atoms with Gasteiger partial charge in [-0.25, -0.2) is 4.98 Å². The number of H-pyrrole nitrogens is 1. The highest BCUT2D eigenvalue weighted by atomic mass is 15.4. The molecule has 6 nitrogen and oxygen atoms in total. The van der Waals surface area contributed by atoms with Crippen molar-refractivity contribution in [2.24, 2.45) is 0 Å². The molecule has 0 aliphatic carbocycles. The molecule has 0 saturated heterocycles. The van der Waals surface area contributed by atoms with E-state index in [1.807, 2.05) is 6.20 Å². The molecule has 1 N–H and O–H groups in total. The fourth-order valence-electron chi connectivity index (χ4n) is 1.68. The van der Waals surface area contributed by atoms with Gasteiger partial charge in [-0.05, 0) is 0 Å².